The molecule has 0 aliphatic carbocycles. The van der Waals surface area contributed by atoms with Crippen LogP contribution in [0.1, 0.15) is 45.6 Å². The Balaban J connectivity index is 1.14. The third-order valence-electron chi connectivity index (χ3n) is 7.87. The zero-order chi connectivity index (χ0) is 28.3. The zero-order valence-corrected chi connectivity index (χ0v) is 23.6. The Labute approximate surface area is 235 Å². The van der Waals surface area contributed by atoms with E-state index in [4.69, 9.17) is 19.1 Å². The van der Waals surface area contributed by atoms with E-state index in [1.54, 1.807) is 9.80 Å². The molecule has 4 saturated heterocycles. The number of carbonyl (C=O) groups is 3. The number of likely N-dealkylation sites (tertiary alicyclic amines) is 1. The summed E-state index contributed by atoms with van der Waals surface area (Å²) in [5.74, 6) is -0.372. The van der Waals surface area contributed by atoms with Gasteiger partial charge in [0.25, 0.3) is 5.91 Å². The Morgan fingerprint density at radius 1 is 1.05 bits per heavy atom. The van der Waals surface area contributed by atoms with Gasteiger partial charge in [0.15, 0.2) is 0 Å². The number of ether oxygens (including phenoxy) is 2. The SMILES string of the molecule is CC(C)(C)OC(=O)N1C[C@@H](N2CCOCC2)C[C@@H]1CONC(=O)[C@@H]1CC[C@@H]2CN1C(=O)N2OCc1ccccc1. The molecule has 0 radical (unpaired) electrons. The van der Waals surface area contributed by atoms with Gasteiger partial charge in [0, 0.05) is 32.2 Å². The first-order valence-electron chi connectivity index (χ1n) is 14.2. The molecule has 0 aromatic heterocycles. The molecule has 4 atom stereocenters. The summed E-state index contributed by atoms with van der Waals surface area (Å²) in [4.78, 5) is 56.3. The standard InChI is InChI=1S/C28H41N5O7/c1-28(2,3)40-27(36)31-17-22(30-11-13-37-14-12-30)15-23(31)19-38-29-25(34)24-10-9-21-16-32(24)26(35)33(21)39-18-20-7-5-4-6-8-20/h4-8,21-24H,9-19H2,1-3H3,(H,29,34)/t21-,22+,23-,24+/m1/s1. The molecular weight excluding hydrogens is 518 g/mol. The zero-order valence-electron chi connectivity index (χ0n) is 23.6. The number of hydrogen-bond acceptors (Lipinski definition) is 8. The van der Waals surface area contributed by atoms with E-state index in [2.05, 4.69) is 10.4 Å². The summed E-state index contributed by atoms with van der Waals surface area (Å²) >= 11 is 0. The molecule has 40 heavy (non-hydrogen) atoms. The fourth-order valence-corrected chi connectivity index (χ4v) is 5.87. The van der Waals surface area contributed by atoms with Gasteiger partial charge in [-0.25, -0.2) is 15.1 Å². The average molecular weight is 560 g/mol. The van der Waals surface area contributed by atoms with Crippen LogP contribution in [0, 0.1) is 0 Å². The molecule has 4 amide bonds. The van der Waals surface area contributed by atoms with Crippen LogP contribution >= 0.6 is 0 Å². The Hall–Kier alpha value is -2.93. The van der Waals surface area contributed by atoms with E-state index in [-0.39, 0.29) is 49.4 Å². The van der Waals surface area contributed by atoms with Crippen LogP contribution in [0.3, 0.4) is 0 Å². The molecule has 1 N–H and O–H groups in total. The number of fused-ring (bicyclic) bond motifs is 2. The molecule has 5 rings (SSSR count). The topological polar surface area (TPSA) is 113 Å². The molecule has 0 spiro atoms. The van der Waals surface area contributed by atoms with E-state index in [0.29, 0.717) is 45.6 Å². The Bertz CT molecular complexity index is 1050. The summed E-state index contributed by atoms with van der Waals surface area (Å²) in [6, 6.07) is 8.55. The van der Waals surface area contributed by atoms with Gasteiger partial charge in [-0.1, -0.05) is 30.3 Å². The molecule has 2 bridgehead atoms. The van der Waals surface area contributed by atoms with E-state index in [0.717, 1.165) is 18.7 Å². The molecule has 0 unspecified atom stereocenters. The van der Waals surface area contributed by atoms with Crippen molar-refractivity contribution < 1.29 is 33.5 Å². The highest BCUT2D eigenvalue weighted by atomic mass is 16.7. The maximum atomic E-state index is 13.1. The van der Waals surface area contributed by atoms with Crippen molar-refractivity contribution in [2.45, 2.75) is 76.4 Å². The largest absolute Gasteiger partial charge is 0.444 e. The first kappa shape index (κ1) is 28.6. The highest BCUT2D eigenvalue weighted by molar-refractivity contribution is 5.88. The maximum Gasteiger partial charge on any atom is 0.410 e. The minimum Gasteiger partial charge on any atom is -0.444 e. The molecule has 0 saturated carbocycles. The second-order valence-electron chi connectivity index (χ2n) is 11.9. The minimum absolute atomic E-state index is 0.0841. The van der Waals surface area contributed by atoms with Crippen LogP contribution in [-0.4, -0.2) is 114 Å². The van der Waals surface area contributed by atoms with E-state index in [9.17, 15) is 14.4 Å². The van der Waals surface area contributed by atoms with Gasteiger partial charge >= 0.3 is 12.1 Å². The fraction of sp³-hybridized carbons (Fsp3) is 0.679. The summed E-state index contributed by atoms with van der Waals surface area (Å²) in [5.41, 5.74) is 2.91. The van der Waals surface area contributed by atoms with Gasteiger partial charge in [-0.3, -0.25) is 19.4 Å². The molecule has 12 heteroatoms. The first-order chi connectivity index (χ1) is 19.2. The summed E-state index contributed by atoms with van der Waals surface area (Å²) < 4.78 is 11.1. The van der Waals surface area contributed by atoms with E-state index in [1.807, 2.05) is 51.1 Å². The van der Waals surface area contributed by atoms with Crippen LogP contribution in [0.2, 0.25) is 0 Å². The lowest BCUT2D eigenvalue weighted by atomic mass is 10.0. The van der Waals surface area contributed by atoms with Gasteiger partial charge in [-0.05, 0) is 45.6 Å². The fourth-order valence-electron chi connectivity index (χ4n) is 5.87. The van der Waals surface area contributed by atoms with Crippen molar-refractivity contribution in [1.29, 1.82) is 0 Å². The number of urea groups is 1. The predicted octanol–water partition coefficient (Wildman–Crippen LogP) is 2.14. The average Bonchev–Trinajstić information content (AvgIpc) is 3.47. The van der Waals surface area contributed by atoms with Gasteiger partial charge in [-0.2, -0.15) is 5.06 Å². The highest BCUT2D eigenvalue weighted by Crippen LogP contribution is 2.31. The molecule has 4 aliphatic heterocycles. The number of benzene rings is 1. The summed E-state index contributed by atoms with van der Waals surface area (Å²) in [6.45, 7) is 9.88. The molecule has 1 aromatic rings. The van der Waals surface area contributed by atoms with Crippen LogP contribution in [0.25, 0.3) is 0 Å². The predicted molar refractivity (Wildman–Crippen MR) is 144 cm³/mol. The van der Waals surface area contributed by atoms with Gasteiger partial charge in [0.1, 0.15) is 18.2 Å². The van der Waals surface area contributed by atoms with Crippen molar-refractivity contribution in [2.24, 2.45) is 0 Å². The van der Waals surface area contributed by atoms with E-state index in [1.165, 1.54) is 5.06 Å². The number of nitrogens with zero attached hydrogens (tertiary/aromatic N) is 4. The molecule has 1 aromatic carbocycles. The summed E-state index contributed by atoms with van der Waals surface area (Å²) in [7, 11) is 0. The number of morpholine rings is 1. The van der Waals surface area contributed by atoms with Gasteiger partial charge in [0.05, 0.1) is 31.9 Å². The van der Waals surface area contributed by atoms with Gasteiger partial charge < -0.3 is 19.3 Å². The van der Waals surface area contributed by atoms with Crippen LogP contribution in [0.5, 0.6) is 0 Å². The van der Waals surface area contributed by atoms with Crippen LogP contribution in [0.15, 0.2) is 30.3 Å². The summed E-state index contributed by atoms with van der Waals surface area (Å²) in [5, 5.41) is 1.41. The smallest absolute Gasteiger partial charge is 0.410 e. The number of rotatable bonds is 8. The molecule has 4 aliphatic rings. The van der Waals surface area contributed by atoms with E-state index < -0.39 is 11.6 Å². The number of hydrogen-bond donors (Lipinski definition) is 1. The molecule has 220 valence electrons. The van der Waals surface area contributed by atoms with Gasteiger partial charge in [-0.15, -0.1) is 0 Å². The van der Waals surface area contributed by atoms with Crippen LogP contribution < -0.4 is 5.48 Å². The molecule has 4 heterocycles. The lowest BCUT2D eigenvalue weighted by molar-refractivity contribution is -0.141. The molecule has 4 fully saturated rings. The quantitative estimate of drug-likeness (QED) is 0.482. The third-order valence-corrected chi connectivity index (χ3v) is 7.87. The Morgan fingerprint density at radius 3 is 2.52 bits per heavy atom. The second kappa shape index (κ2) is 12.3. The van der Waals surface area contributed by atoms with Crippen LogP contribution in [0.4, 0.5) is 9.59 Å². The van der Waals surface area contributed by atoms with E-state index >= 15 is 0 Å². The van der Waals surface area contributed by atoms with Crippen LogP contribution in [-0.2, 0) is 30.6 Å². The van der Waals surface area contributed by atoms with Gasteiger partial charge in [0.2, 0.25) is 0 Å². The lowest BCUT2D eigenvalue weighted by Gasteiger charge is -2.32. The third kappa shape index (κ3) is 6.68. The Morgan fingerprint density at radius 2 is 1.80 bits per heavy atom. The molecular formula is C28H41N5O7. The van der Waals surface area contributed by atoms with Crippen molar-refractivity contribution >= 4 is 18.0 Å². The highest BCUT2D eigenvalue weighted by Gasteiger charge is 2.48. The number of carbonyl (C=O) groups excluding carboxylic acids is 3. The van der Waals surface area contributed by atoms with Crippen molar-refractivity contribution in [3.63, 3.8) is 0 Å². The number of piperidine rings is 1. The number of hydroxylamine groups is 3. The normalized spacial score (nSPS) is 27.3. The monoisotopic (exact) mass is 559 g/mol. The lowest BCUT2D eigenvalue weighted by Crippen LogP contribution is -2.50. The van der Waals surface area contributed by atoms with Crippen molar-refractivity contribution in [1.82, 2.24) is 25.2 Å². The first-order valence-corrected chi connectivity index (χ1v) is 14.2. The van der Waals surface area contributed by atoms with Crippen molar-refractivity contribution in [3.8, 4) is 0 Å². The number of nitrogens with one attached hydrogen (secondary N) is 1. The minimum atomic E-state index is -0.638. The second-order valence-corrected chi connectivity index (χ2v) is 11.9. The number of amides is 4. The Kier molecular flexibility index (Phi) is 8.79. The summed E-state index contributed by atoms with van der Waals surface area (Å²) in [6.07, 6.45) is 1.49. The maximum absolute atomic E-state index is 13.1. The molecule has 12 nitrogen and oxygen atoms in total. The van der Waals surface area contributed by atoms with Crippen molar-refractivity contribution in [3.05, 3.63) is 35.9 Å². The van der Waals surface area contributed by atoms with Crippen molar-refractivity contribution in [2.75, 3.05) is 46.0 Å².